The topological polar surface area (TPSA) is 38.3 Å². The van der Waals surface area contributed by atoms with Crippen molar-refractivity contribution in [3.8, 4) is 5.75 Å². The zero-order valence-corrected chi connectivity index (χ0v) is 11.8. The lowest BCUT2D eigenvalue weighted by molar-refractivity contribution is 0.0927. The fourth-order valence-corrected chi connectivity index (χ4v) is 2.00. The smallest absolute Gasteiger partial charge is 0.255 e. The van der Waals surface area contributed by atoms with Gasteiger partial charge in [0.2, 0.25) is 0 Å². The first-order valence-corrected chi connectivity index (χ1v) is 6.72. The van der Waals surface area contributed by atoms with Gasteiger partial charge in [-0.05, 0) is 25.0 Å². The highest BCUT2D eigenvalue weighted by molar-refractivity contribution is 6.18. The van der Waals surface area contributed by atoms with Crippen LogP contribution in [0.15, 0.2) is 24.3 Å². The highest BCUT2D eigenvalue weighted by Gasteiger charge is 2.18. The van der Waals surface area contributed by atoms with Gasteiger partial charge in [0.15, 0.2) is 0 Å². The zero-order valence-electron chi connectivity index (χ0n) is 11.1. The van der Waals surface area contributed by atoms with E-state index in [-0.39, 0.29) is 11.9 Å². The third-order valence-electron chi connectivity index (χ3n) is 2.72. The van der Waals surface area contributed by atoms with Crippen molar-refractivity contribution in [2.75, 3.05) is 12.5 Å². The number of ether oxygens (including phenoxy) is 1. The molecule has 1 unspecified atom stereocenters. The van der Waals surface area contributed by atoms with Gasteiger partial charge in [-0.3, -0.25) is 4.79 Å². The molecule has 0 aliphatic carbocycles. The van der Waals surface area contributed by atoms with Crippen LogP contribution in [0.4, 0.5) is 0 Å². The van der Waals surface area contributed by atoms with Crippen molar-refractivity contribution >= 4 is 17.5 Å². The minimum absolute atomic E-state index is 0.0335. The van der Waals surface area contributed by atoms with E-state index in [0.29, 0.717) is 29.7 Å². The first-order valence-electron chi connectivity index (χ1n) is 6.18. The lowest BCUT2D eigenvalue weighted by Gasteiger charge is -2.20. The lowest BCUT2D eigenvalue weighted by atomic mass is 10.1. The molecule has 0 bridgehead atoms. The maximum absolute atomic E-state index is 12.2. The fourth-order valence-electron chi connectivity index (χ4n) is 1.57. The SMILES string of the molecule is CCOc1ccccc1C(=O)NC(CCl)C(C)C. The van der Waals surface area contributed by atoms with Gasteiger partial charge < -0.3 is 10.1 Å². The average molecular weight is 270 g/mol. The molecule has 1 amide bonds. The molecule has 1 N–H and O–H groups in total. The van der Waals surface area contributed by atoms with Crippen LogP contribution in [0, 0.1) is 5.92 Å². The van der Waals surface area contributed by atoms with Gasteiger partial charge in [-0.25, -0.2) is 0 Å². The summed E-state index contributed by atoms with van der Waals surface area (Å²) in [6.45, 7) is 6.49. The van der Waals surface area contributed by atoms with E-state index in [0.717, 1.165) is 0 Å². The number of benzene rings is 1. The number of halogens is 1. The van der Waals surface area contributed by atoms with Crippen LogP contribution in [-0.2, 0) is 0 Å². The van der Waals surface area contributed by atoms with E-state index in [4.69, 9.17) is 16.3 Å². The van der Waals surface area contributed by atoms with E-state index in [1.165, 1.54) is 0 Å². The van der Waals surface area contributed by atoms with Crippen molar-refractivity contribution in [3.63, 3.8) is 0 Å². The summed E-state index contributed by atoms with van der Waals surface area (Å²) in [5.41, 5.74) is 0.551. The average Bonchev–Trinajstić information content (AvgIpc) is 2.36. The van der Waals surface area contributed by atoms with Crippen LogP contribution in [0.25, 0.3) is 0 Å². The lowest BCUT2D eigenvalue weighted by Crippen LogP contribution is -2.40. The summed E-state index contributed by atoms with van der Waals surface area (Å²) >= 11 is 5.85. The minimum Gasteiger partial charge on any atom is -0.493 e. The van der Waals surface area contributed by atoms with Crippen molar-refractivity contribution in [2.24, 2.45) is 5.92 Å². The van der Waals surface area contributed by atoms with Crippen molar-refractivity contribution < 1.29 is 9.53 Å². The number of rotatable bonds is 6. The number of carbonyl (C=O) groups is 1. The first kappa shape index (κ1) is 14.8. The number of para-hydroxylation sites is 1. The summed E-state index contributed by atoms with van der Waals surface area (Å²) in [7, 11) is 0. The molecule has 0 heterocycles. The number of carbonyl (C=O) groups excluding carboxylic acids is 1. The van der Waals surface area contributed by atoms with Crippen LogP contribution in [0.1, 0.15) is 31.1 Å². The second kappa shape index (κ2) is 7.27. The van der Waals surface area contributed by atoms with E-state index in [2.05, 4.69) is 5.32 Å². The van der Waals surface area contributed by atoms with Crippen LogP contribution >= 0.6 is 11.6 Å². The monoisotopic (exact) mass is 269 g/mol. The molecule has 0 aliphatic rings. The van der Waals surface area contributed by atoms with E-state index >= 15 is 0 Å². The Morgan fingerprint density at radius 3 is 2.61 bits per heavy atom. The molecule has 0 aliphatic heterocycles. The minimum atomic E-state index is -0.140. The van der Waals surface area contributed by atoms with Gasteiger partial charge in [-0.1, -0.05) is 26.0 Å². The van der Waals surface area contributed by atoms with Crippen LogP contribution < -0.4 is 10.1 Å². The molecule has 3 nitrogen and oxygen atoms in total. The Hall–Kier alpha value is -1.22. The van der Waals surface area contributed by atoms with Gasteiger partial charge in [-0.15, -0.1) is 11.6 Å². The molecule has 0 saturated heterocycles. The molecule has 0 spiro atoms. The molecular weight excluding hydrogens is 250 g/mol. The third kappa shape index (κ3) is 3.91. The number of alkyl halides is 1. The summed E-state index contributed by atoms with van der Waals surface area (Å²) in [5, 5.41) is 2.93. The molecule has 1 aromatic rings. The van der Waals surface area contributed by atoms with Gasteiger partial charge in [0.25, 0.3) is 5.91 Å². The molecule has 0 fully saturated rings. The number of nitrogens with one attached hydrogen (secondary N) is 1. The summed E-state index contributed by atoms with van der Waals surface area (Å²) in [6.07, 6.45) is 0. The normalized spacial score (nSPS) is 12.3. The molecule has 1 atom stereocenters. The van der Waals surface area contributed by atoms with Crippen LogP contribution in [0.2, 0.25) is 0 Å². The van der Waals surface area contributed by atoms with Gasteiger partial charge in [-0.2, -0.15) is 0 Å². The predicted octanol–water partition coefficient (Wildman–Crippen LogP) is 3.08. The Morgan fingerprint density at radius 2 is 2.06 bits per heavy atom. The maximum atomic E-state index is 12.2. The highest BCUT2D eigenvalue weighted by Crippen LogP contribution is 2.18. The Balaban J connectivity index is 2.83. The zero-order chi connectivity index (χ0) is 13.5. The van der Waals surface area contributed by atoms with Gasteiger partial charge in [0.05, 0.1) is 12.2 Å². The Morgan fingerprint density at radius 1 is 1.39 bits per heavy atom. The Bertz CT molecular complexity index is 393. The number of amides is 1. The molecule has 1 rings (SSSR count). The number of hydrogen-bond donors (Lipinski definition) is 1. The fraction of sp³-hybridized carbons (Fsp3) is 0.500. The first-order chi connectivity index (χ1) is 8.60. The van der Waals surface area contributed by atoms with E-state index in [9.17, 15) is 4.79 Å². The Kier molecular flexibility index (Phi) is 5.99. The molecule has 0 saturated carbocycles. The van der Waals surface area contributed by atoms with Crippen LogP contribution in [-0.4, -0.2) is 24.4 Å². The van der Waals surface area contributed by atoms with Crippen molar-refractivity contribution in [1.29, 1.82) is 0 Å². The Labute approximate surface area is 113 Å². The van der Waals surface area contributed by atoms with E-state index in [1.807, 2.05) is 32.9 Å². The van der Waals surface area contributed by atoms with Gasteiger partial charge in [0.1, 0.15) is 5.75 Å². The highest BCUT2D eigenvalue weighted by atomic mass is 35.5. The molecule has 0 radical (unpaired) electrons. The molecule has 100 valence electrons. The second-order valence-corrected chi connectivity index (χ2v) is 4.72. The van der Waals surface area contributed by atoms with Gasteiger partial charge >= 0.3 is 0 Å². The van der Waals surface area contributed by atoms with Crippen LogP contribution in [0.3, 0.4) is 0 Å². The largest absolute Gasteiger partial charge is 0.493 e. The summed E-state index contributed by atoms with van der Waals surface area (Å²) < 4.78 is 5.44. The van der Waals surface area contributed by atoms with Crippen LogP contribution in [0.5, 0.6) is 5.75 Å². The molecule has 4 heteroatoms. The third-order valence-corrected chi connectivity index (χ3v) is 3.05. The molecule has 1 aromatic carbocycles. The molecule has 18 heavy (non-hydrogen) atoms. The van der Waals surface area contributed by atoms with Crippen molar-refractivity contribution in [3.05, 3.63) is 29.8 Å². The van der Waals surface area contributed by atoms with Crippen molar-refractivity contribution in [1.82, 2.24) is 5.32 Å². The summed E-state index contributed by atoms with van der Waals surface area (Å²) in [5.74, 6) is 1.17. The number of hydrogen-bond acceptors (Lipinski definition) is 2. The maximum Gasteiger partial charge on any atom is 0.255 e. The molecular formula is C14H20ClNO2. The summed E-state index contributed by atoms with van der Waals surface area (Å²) in [4.78, 5) is 12.2. The van der Waals surface area contributed by atoms with E-state index in [1.54, 1.807) is 12.1 Å². The second-order valence-electron chi connectivity index (χ2n) is 4.41. The quantitative estimate of drug-likeness (QED) is 0.806. The van der Waals surface area contributed by atoms with E-state index < -0.39 is 0 Å². The standard InChI is InChI=1S/C14H20ClNO2/c1-4-18-13-8-6-5-7-11(13)14(17)16-12(9-15)10(2)3/h5-8,10,12H,4,9H2,1-3H3,(H,16,17). The predicted molar refractivity (Wildman–Crippen MR) is 74.4 cm³/mol. The van der Waals surface area contributed by atoms with Gasteiger partial charge in [0, 0.05) is 11.9 Å². The molecule has 0 aromatic heterocycles. The van der Waals surface area contributed by atoms with Crippen molar-refractivity contribution in [2.45, 2.75) is 26.8 Å². The summed E-state index contributed by atoms with van der Waals surface area (Å²) in [6, 6.07) is 7.19.